The van der Waals surface area contributed by atoms with Gasteiger partial charge in [-0.1, -0.05) is 0 Å². The Hall–Kier alpha value is -2.01. The summed E-state index contributed by atoms with van der Waals surface area (Å²) >= 11 is 0. The quantitative estimate of drug-likeness (QED) is 0.575. The molecule has 0 bridgehead atoms. The number of aromatic nitrogens is 2. The highest BCUT2D eigenvalue weighted by atomic mass is 19.1. The summed E-state index contributed by atoms with van der Waals surface area (Å²) in [4.78, 5) is 8.00. The van der Waals surface area contributed by atoms with Gasteiger partial charge in [0.2, 0.25) is 5.95 Å². The van der Waals surface area contributed by atoms with Crippen LogP contribution in [0, 0.1) is 5.82 Å². The van der Waals surface area contributed by atoms with Gasteiger partial charge in [-0.3, -0.25) is 5.43 Å². The molecule has 0 radical (unpaired) electrons. The van der Waals surface area contributed by atoms with Gasteiger partial charge in [-0.05, 0) is 30.3 Å². The Kier molecular flexibility index (Phi) is 2.55. The predicted octanol–water partition coefficient (Wildman–Crippen LogP) is 1.57. The summed E-state index contributed by atoms with van der Waals surface area (Å²) in [6.45, 7) is 0. The van der Waals surface area contributed by atoms with Crippen LogP contribution in [-0.4, -0.2) is 9.97 Å². The molecule has 0 saturated carbocycles. The van der Waals surface area contributed by atoms with Gasteiger partial charge in [0.25, 0.3) is 0 Å². The molecule has 2 aromatic rings. The Morgan fingerprint density at radius 1 is 1.13 bits per heavy atom. The van der Waals surface area contributed by atoms with Gasteiger partial charge in [0.05, 0.1) is 5.69 Å². The van der Waals surface area contributed by atoms with E-state index < -0.39 is 0 Å². The van der Waals surface area contributed by atoms with Crippen molar-refractivity contribution >= 4 is 5.95 Å². The van der Waals surface area contributed by atoms with Gasteiger partial charge in [-0.25, -0.2) is 20.2 Å². The summed E-state index contributed by atoms with van der Waals surface area (Å²) < 4.78 is 12.7. The molecule has 4 nitrogen and oxygen atoms in total. The molecule has 0 saturated heterocycles. The third-order valence-corrected chi connectivity index (χ3v) is 1.92. The first kappa shape index (κ1) is 9.54. The van der Waals surface area contributed by atoms with Crippen molar-refractivity contribution in [2.24, 2.45) is 5.84 Å². The van der Waals surface area contributed by atoms with Crippen LogP contribution in [0.4, 0.5) is 10.3 Å². The molecule has 1 aromatic heterocycles. The Morgan fingerprint density at radius 2 is 1.87 bits per heavy atom. The Bertz CT molecular complexity index is 455. The van der Waals surface area contributed by atoms with Crippen LogP contribution in [0.2, 0.25) is 0 Å². The van der Waals surface area contributed by atoms with E-state index in [9.17, 15) is 4.39 Å². The van der Waals surface area contributed by atoms with Crippen molar-refractivity contribution in [3.05, 3.63) is 42.3 Å². The highest BCUT2D eigenvalue weighted by Gasteiger charge is 2.00. The van der Waals surface area contributed by atoms with Gasteiger partial charge in [-0.2, -0.15) is 0 Å². The lowest BCUT2D eigenvalue weighted by molar-refractivity contribution is 0.628. The zero-order valence-corrected chi connectivity index (χ0v) is 7.81. The molecule has 0 aliphatic rings. The van der Waals surface area contributed by atoms with E-state index >= 15 is 0 Å². The van der Waals surface area contributed by atoms with E-state index in [0.717, 1.165) is 5.56 Å². The van der Waals surface area contributed by atoms with E-state index in [0.29, 0.717) is 11.6 Å². The van der Waals surface area contributed by atoms with Crippen molar-refractivity contribution in [2.45, 2.75) is 0 Å². The molecule has 0 aliphatic carbocycles. The Morgan fingerprint density at radius 3 is 2.53 bits per heavy atom. The smallest absolute Gasteiger partial charge is 0.237 e. The van der Waals surface area contributed by atoms with Gasteiger partial charge in [0.1, 0.15) is 5.82 Å². The molecular formula is C10H9FN4. The lowest BCUT2D eigenvalue weighted by Gasteiger charge is -2.02. The van der Waals surface area contributed by atoms with Crippen LogP contribution >= 0.6 is 0 Å². The van der Waals surface area contributed by atoms with E-state index in [4.69, 9.17) is 5.84 Å². The fraction of sp³-hybridized carbons (Fsp3) is 0. The molecule has 1 heterocycles. The molecule has 0 atom stereocenters. The highest BCUT2D eigenvalue weighted by Crippen LogP contribution is 2.17. The van der Waals surface area contributed by atoms with Crippen molar-refractivity contribution in [3.8, 4) is 11.3 Å². The number of rotatable bonds is 2. The molecule has 0 amide bonds. The number of nitrogens with zero attached hydrogens (tertiary/aromatic N) is 2. The lowest BCUT2D eigenvalue weighted by atomic mass is 10.1. The van der Waals surface area contributed by atoms with Gasteiger partial charge in [0.15, 0.2) is 0 Å². The third kappa shape index (κ3) is 2.08. The minimum atomic E-state index is -0.273. The average molecular weight is 204 g/mol. The molecule has 2 rings (SSSR count). The molecule has 15 heavy (non-hydrogen) atoms. The average Bonchev–Trinajstić information content (AvgIpc) is 2.30. The first-order chi connectivity index (χ1) is 7.29. The molecule has 76 valence electrons. The fourth-order valence-electron chi connectivity index (χ4n) is 1.21. The largest absolute Gasteiger partial charge is 0.292 e. The second-order valence-electron chi connectivity index (χ2n) is 2.92. The van der Waals surface area contributed by atoms with Crippen molar-refractivity contribution in [3.63, 3.8) is 0 Å². The monoisotopic (exact) mass is 204 g/mol. The maximum atomic E-state index is 12.7. The lowest BCUT2D eigenvalue weighted by Crippen LogP contribution is -2.10. The standard InChI is InChI=1S/C10H9FN4/c11-8-3-1-7(2-4-8)9-5-6-13-10(14-9)15-12/h1-6H,12H2,(H,13,14,15). The normalized spacial score (nSPS) is 10.0. The van der Waals surface area contributed by atoms with E-state index in [1.54, 1.807) is 24.4 Å². The van der Waals surface area contributed by atoms with Crippen LogP contribution in [0.15, 0.2) is 36.5 Å². The number of hydrazine groups is 1. The van der Waals surface area contributed by atoms with Crippen molar-refractivity contribution in [1.82, 2.24) is 9.97 Å². The Balaban J connectivity index is 2.40. The number of nitrogen functional groups attached to an aromatic ring is 1. The zero-order valence-electron chi connectivity index (χ0n) is 7.81. The maximum Gasteiger partial charge on any atom is 0.237 e. The van der Waals surface area contributed by atoms with Gasteiger partial charge >= 0.3 is 0 Å². The molecule has 0 aliphatic heterocycles. The minimum Gasteiger partial charge on any atom is -0.292 e. The van der Waals surface area contributed by atoms with Crippen molar-refractivity contribution in [1.29, 1.82) is 0 Å². The summed E-state index contributed by atoms with van der Waals surface area (Å²) in [5.74, 6) is 5.24. The van der Waals surface area contributed by atoms with Crippen LogP contribution in [0.5, 0.6) is 0 Å². The summed E-state index contributed by atoms with van der Waals surface area (Å²) in [5.41, 5.74) is 3.86. The predicted molar refractivity (Wildman–Crippen MR) is 55.2 cm³/mol. The topological polar surface area (TPSA) is 63.8 Å². The van der Waals surface area contributed by atoms with E-state index in [2.05, 4.69) is 15.4 Å². The van der Waals surface area contributed by atoms with Crippen molar-refractivity contribution < 1.29 is 4.39 Å². The first-order valence-electron chi connectivity index (χ1n) is 4.35. The second-order valence-corrected chi connectivity index (χ2v) is 2.92. The van der Waals surface area contributed by atoms with E-state index in [1.165, 1.54) is 12.1 Å². The first-order valence-corrected chi connectivity index (χ1v) is 4.35. The molecule has 5 heteroatoms. The maximum absolute atomic E-state index is 12.7. The molecule has 3 N–H and O–H groups in total. The van der Waals surface area contributed by atoms with Crippen LogP contribution in [0.3, 0.4) is 0 Å². The van der Waals surface area contributed by atoms with Gasteiger partial charge < -0.3 is 0 Å². The van der Waals surface area contributed by atoms with E-state index in [1.807, 2.05) is 0 Å². The van der Waals surface area contributed by atoms with Crippen LogP contribution in [0.25, 0.3) is 11.3 Å². The van der Waals surface area contributed by atoms with E-state index in [-0.39, 0.29) is 5.82 Å². The van der Waals surface area contributed by atoms with Crippen LogP contribution in [0.1, 0.15) is 0 Å². The number of benzene rings is 1. The number of nitrogens with one attached hydrogen (secondary N) is 1. The minimum absolute atomic E-state index is 0.273. The number of hydrogen-bond donors (Lipinski definition) is 2. The molecular weight excluding hydrogens is 195 g/mol. The fourth-order valence-corrected chi connectivity index (χ4v) is 1.21. The summed E-state index contributed by atoms with van der Waals surface area (Å²) in [6.07, 6.45) is 1.58. The number of hydrogen-bond acceptors (Lipinski definition) is 4. The third-order valence-electron chi connectivity index (χ3n) is 1.92. The van der Waals surface area contributed by atoms with Gasteiger partial charge in [-0.15, -0.1) is 0 Å². The highest BCUT2D eigenvalue weighted by molar-refractivity contribution is 5.59. The molecule has 0 unspecified atom stereocenters. The SMILES string of the molecule is NNc1nccc(-c2ccc(F)cc2)n1. The second kappa shape index (κ2) is 4.02. The molecule has 1 aromatic carbocycles. The van der Waals surface area contributed by atoms with Crippen LogP contribution in [-0.2, 0) is 0 Å². The zero-order chi connectivity index (χ0) is 10.7. The summed E-state index contributed by atoms with van der Waals surface area (Å²) in [6, 6.07) is 7.80. The number of halogens is 1. The number of anilines is 1. The van der Waals surface area contributed by atoms with Crippen LogP contribution < -0.4 is 11.3 Å². The number of nitrogens with two attached hydrogens (primary N) is 1. The molecule has 0 fully saturated rings. The summed E-state index contributed by atoms with van der Waals surface area (Å²) in [5, 5.41) is 0. The van der Waals surface area contributed by atoms with Gasteiger partial charge in [0, 0.05) is 11.8 Å². The Labute approximate surface area is 86.0 Å². The van der Waals surface area contributed by atoms with Crippen molar-refractivity contribution in [2.75, 3.05) is 5.43 Å². The summed E-state index contributed by atoms with van der Waals surface area (Å²) in [7, 11) is 0. The molecule has 0 spiro atoms.